The van der Waals surface area contributed by atoms with Crippen molar-refractivity contribution >= 4 is 0 Å². The number of unbranched alkanes of at least 4 members (excludes halogenated alkanes) is 2. The number of nitriles is 1. The van der Waals surface area contributed by atoms with Crippen LogP contribution in [0.1, 0.15) is 39.0 Å². The third kappa shape index (κ3) is 2.59. The Balaban J connectivity index is 2.02. The second-order valence-electron chi connectivity index (χ2n) is 4.94. The Morgan fingerprint density at radius 2 is 2.12 bits per heavy atom. The van der Waals surface area contributed by atoms with Crippen LogP contribution < -0.4 is 16.5 Å². The topological polar surface area (TPSA) is 63.1 Å². The molecule has 0 spiro atoms. The normalized spacial score (nSPS) is 28.4. The maximum absolute atomic E-state index is 9.14. The summed E-state index contributed by atoms with van der Waals surface area (Å²) >= 11 is 0. The monoisotopic (exact) mass is 239 g/mol. The standard InChI is InChI=1S/C11H23N6/c1-2-3-4-7-17(8-5-6-9-17)16-11(10-12)13-14-15-16/h11,13-15H,2-9H2,1H3/q+1. The highest BCUT2D eigenvalue weighted by Crippen LogP contribution is 2.24. The van der Waals surface area contributed by atoms with Gasteiger partial charge in [-0.25, -0.2) is 10.0 Å². The summed E-state index contributed by atoms with van der Waals surface area (Å²) in [6, 6.07) is 2.28. The van der Waals surface area contributed by atoms with Gasteiger partial charge in [-0.3, -0.25) is 0 Å². The molecule has 6 heteroatoms. The highest BCUT2D eigenvalue weighted by molar-refractivity contribution is 4.86. The van der Waals surface area contributed by atoms with Crippen LogP contribution in [0, 0.1) is 11.3 Å². The van der Waals surface area contributed by atoms with Crippen molar-refractivity contribution in [1.29, 1.82) is 5.26 Å². The molecule has 2 saturated heterocycles. The van der Waals surface area contributed by atoms with Crippen LogP contribution in [0.15, 0.2) is 0 Å². The van der Waals surface area contributed by atoms with Crippen molar-refractivity contribution in [3.05, 3.63) is 0 Å². The number of hydrazine groups is 3. The van der Waals surface area contributed by atoms with E-state index in [4.69, 9.17) is 5.26 Å². The van der Waals surface area contributed by atoms with Gasteiger partial charge >= 0.3 is 0 Å². The lowest BCUT2D eigenvalue weighted by atomic mass is 10.2. The summed E-state index contributed by atoms with van der Waals surface area (Å²) in [6.45, 7) is 5.63. The minimum Gasteiger partial charge on any atom is -0.225 e. The summed E-state index contributed by atoms with van der Waals surface area (Å²) in [7, 11) is 0. The van der Waals surface area contributed by atoms with Crippen molar-refractivity contribution in [3.8, 4) is 6.07 Å². The molecular weight excluding hydrogens is 216 g/mol. The summed E-state index contributed by atoms with van der Waals surface area (Å²) in [5.74, 6) is 0. The molecule has 2 aliphatic heterocycles. The fourth-order valence-electron chi connectivity index (χ4n) is 2.85. The molecule has 0 bridgehead atoms. The van der Waals surface area contributed by atoms with Crippen LogP contribution in [0.2, 0.25) is 0 Å². The predicted molar refractivity (Wildman–Crippen MR) is 64.3 cm³/mol. The van der Waals surface area contributed by atoms with E-state index in [0.717, 1.165) is 24.2 Å². The van der Waals surface area contributed by atoms with Gasteiger partial charge in [0, 0.05) is 12.8 Å². The number of hydrogen-bond donors (Lipinski definition) is 3. The summed E-state index contributed by atoms with van der Waals surface area (Å²) in [5.41, 5.74) is 8.88. The third-order valence-corrected chi connectivity index (χ3v) is 3.78. The van der Waals surface area contributed by atoms with E-state index in [2.05, 4.69) is 29.5 Å². The Labute approximate surface area is 103 Å². The SMILES string of the molecule is CCCCC[N+]1(N2NNNC2C#N)CCCC1. The molecule has 17 heavy (non-hydrogen) atoms. The van der Waals surface area contributed by atoms with Crippen molar-refractivity contribution in [2.45, 2.75) is 45.2 Å². The second-order valence-corrected chi connectivity index (χ2v) is 4.94. The molecule has 0 aromatic carbocycles. The largest absolute Gasteiger partial charge is 0.227 e. The fourth-order valence-corrected chi connectivity index (χ4v) is 2.85. The van der Waals surface area contributed by atoms with E-state index < -0.39 is 0 Å². The van der Waals surface area contributed by atoms with Crippen molar-refractivity contribution in [2.75, 3.05) is 19.6 Å². The molecule has 0 amide bonds. The molecule has 6 nitrogen and oxygen atoms in total. The predicted octanol–water partition coefficient (Wildman–Crippen LogP) is 0.381. The number of rotatable bonds is 5. The Morgan fingerprint density at radius 1 is 1.35 bits per heavy atom. The van der Waals surface area contributed by atoms with Gasteiger partial charge in [0.05, 0.1) is 19.6 Å². The fraction of sp³-hybridized carbons (Fsp3) is 0.909. The lowest BCUT2D eigenvalue weighted by molar-refractivity contribution is -1.03. The second kappa shape index (κ2) is 5.76. The summed E-state index contributed by atoms with van der Waals surface area (Å²) in [5, 5.41) is 11.2. The van der Waals surface area contributed by atoms with Crippen molar-refractivity contribution in [2.24, 2.45) is 0 Å². The molecule has 2 rings (SSSR count). The van der Waals surface area contributed by atoms with E-state index in [1.54, 1.807) is 0 Å². The zero-order valence-corrected chi connectivity index (χ0v) is 10.6. The molecule has 1 atom stereocenters. The average molecular weight is 239 g/mol. The summed E-state index contributed by atoms with van der Waals surface area (Å²) in [4.78, 5) is 0. The van der Waals surface area contributed by atoms with Gasteiger partial charge in [0.1, 0.15) is 6.07 Å². The van der Waals surface area contributed by atoms with Crippen LogP contribution in [0.5, 0.6) is 0 Å². The first-order valence-corrected chi connectivity index (χ1v) is 6.64. The van der Waals surface area contributed by atoms with E-state index >= 15 is 0 Å². The highest BCUT2D eigenvalue weighted by Gasteiger charge is 2.45. The Bertz CT molecular complexity index is 280. The van der Waals surface area contributed by atoms with Gasteiger partial charge in [0.25, 0.3) is 0 Å². The van der Waals surface area contributed by atoms with Gasteiger partial charge in [-0.2, -0.15) is 10.8 Å². The number of nitrogens with zero attached hydrogens (tertiary/aromatic N) is 3. The van der Waals surface area contributed by atoms with E-state index in [1.165, 1.54) is 32.1 Å². The molecule has 0 aromatic heterocycles. The Hall–Kier alpha value is -0.710. The minimum atomic E-state index is -0.283. The molecule has 0 aromatic rings. The molecule has 1 unspecified atom stereocenters. The number of nitrogens with one attached hydrogen (secondary N) is 3. The van der Waals surface area contributed by atoms with Gasteiger partial charge in [0.15, 0.2) is 0 Å². The summed E-state index contributed by atoms with van der Waals surface area (Å²) < 4.78 is 0.901. The van der Waals surface area contributed by atoms with Crippen LogP contribution in [-0.2, 0) is 0 Å². The maximum atomic E-state index is 9.14. The van der Waals surface area contributed by atoms with Crippen LogP contribution in [0.25, 0.3) is 0 Å². The summed E-state index contributed by atoms with van der Waals surface area (Å²) in [6.07, 6.45) is 5.96. The van der Waals surface area contributed by atoms with E-state index in [0.29, 0.717) is 0 Å². The lowest BCUT2D eigenvalue weighted by Gasteiger charge is -2.40. The van der Waals surface area contributed by atoms with Gasteiger partial charge in [0.2, 0.25) is 6.17 Å². The highest BCUT2D eigenvalue weighted by atomic mass is 16.0. The first-order chi connectivity index (χ1) is 8.32. The van der Waals surface area contributed by atoms with Crippen molar-refractivity contribution < 1.29 is 4.59 Å². The maximum Gasteiger partial charge on any atom is 0.227 e. The zero-order valence-electron chi connectivity index (χ0n) is 10.6. The quantitative estimate of drug-likeness (QED) is 0.478. The van der Waals surface area contributed by atoms with E-state index in [-0.39, 0.29) is 6.17 Å². The molecule has 0 aliphatic carbocycles. The molecule has 0 radical (unpaired) electrons. The Morgan fingerprint density at radius 3 is 2.76 bits per heavy atom. The molecule has 0 saturated carbocycles. The molecule has 2 heterocycles. The molecule has 3 N–H and O–H groups in total. The molecular formula is C11H23N6+. The molecule has 2 aliphatic rings. The number of likely N-dealkylation sites (tertiary alicyclic amines) is 1. The van der Waals surface area contributed by atoms with Gasteiger partial charge in [-0.05, 0) is 18.0 Å². The zero-order chi connectivity index (χ0) is 12.1. The van der Waals surface area contributed by atoms with E-state index in [9.17, 15) is 0 Å². The number of hydrogen-bond acceptors (Lipinski definition) is 5. The van der Waals surface area contributed by atoms with E-state index in [1.807, 2.05) is 5.12 Å². The lowest BCUT2D eigenvalue weighted by Crippen LogP contribution is -2.65. The smallest absolute Gasteiger partial charge is 0.225 e. The number of quaternary nitrogens is 1. The van der Waals surface area contributed by atoms with Crippen LogP contribution in [0.3, 0.4) is 0 Å². The van der Waals surface area contributed by atoms with Crippen LogP contribution in [0.4, 0.5) is 0 Å². The third-order valence-electron chi connectivity index (χ3n) is 3.78. The van der Waals surface area contributed by atoms with Crippen LogP contribution in [-0.4, -0.2) is 35.5 Å². The van der Waals surface area contributed by atoms with Crippen molar-refractivity contribution in [3.63, 3.8) is 0 Å². The molecule has 2 fully saturated rings. The molecule has 96 valence electrons. The van der Waals surface area contributed by atoms with Gasteiger partial charge < -0.3 is 0 Å². The average Bonchev–Trinajstić information content (AvgIpc) is 2.98. The van der Waals surface area contributed by atoms with Gasteiger partial charge in [-0.15, -0.1) is 5.53 Å². The first kappa shape index (κ1) is 12.7. The van der Waals surface area contributed by atoms with Gasteiger partial charge in [-0.1, -0.05) is 13.3 Å². The van der Waals surface area contributed by atoms with Crippen molar-refractivity contribution in [1.82, 2.24) is 21.6 Å². The van der Waals surface area contributed by atoms with Crippen LogP contribution >= 0.6 is 0 Å². The Kier molecular flexibility index (Phi) is 4.31. The minimum absolute atomic E-state index is 0.283. The first-order valence-electron chi connectivity index (χ1n) is 6.64.